The summed E-state index contributed by atoms with van der Waals surface area (Å²) in [6.45, 7) is 1.43. The van der Waals surface area contributed by atoms with E-state index in [1.807, 2.05) is 0 Å². The van der Waals surface area contributed by atoms with Crippen LogP contribution >= 0.6 is 23.8 Å². The number of rotatable bonds is 3. The van der Waals surface area contributed by atoms with E-state index in [0.717, 1.165) is 0 Å². The zero-order valence-electron chi connectivity index (χ0n) is 9.03. The second kappa shape index (κ2) is 6.17. The average molecular weight is 271 g/mol. The van der Waals surface area contributed by atoms with Gasteiger partial charge in [0.05, 0.1) is 11.2 Å². The van der Waals surface area contributed by atoms with Gasteiger partial charge >= 0.3 is 0 Å². The third-order valence-electron chi connectivity index (χ3n) is 1.70. The third-order valence-corrected chi connectivity index (χ3v) is 2.12. The van der Waals surface area contributed by atoms with Crippen molar-refractivity contribution >= 4 is 46.7 Å². The summed E-state index contributed by atoms with van der Waals surface area (Å²) in [6.07, 6.45) is 1.49. The fourth-order valence-corrected chi connectivity index (χ4v) is 1.36. The van der Waals surface area contributed by atoms with Crippen LogP contribution in [0.1, 0.15) is 12.5 Å². The maximum absolute atomic E-state index is 10.8. The molecule has 0 spiro atoms. The quantitative estimate of drug-likeness (QED) is 0.441. The molecule has 17 heavy (non-hydrogen) atoms. The Balaban J connectivity index is 2.79. The third kappa shape index (κ3) is 4.80. The number of nitrogens with zero attached hydrogens (tertiary/aromatic N) is 1. The number of carbonyl (C=O) groups excluding carboxylic acids is 1. The topological polar surface area (TPSA) is 79.5 Å². The molecule has 0 radical (unpaired) electrons. The molecule has 1 amide bonds. The highest BCUT2D eigenvalue weighted by Gasteiger charge is 2.01. The molecular weight excluding hydrogens is 260 g/mol. The number of hydrogen-bond donors (Lipinski definition) is 3. The molecule has 1 rings (SSSR count). The molecule has 0 atom stereocenters. The number of hydrogen-bond acceptors (Lipinski definition) is 3. The highest BCUT2D eigenvalue weighted by molar-refractivity contribution is 7.80. The molecule has 0 bridgehead atoms. The summed E-state index contributed by atoms with van der Waals surface area (Å²) in [5, 5.41) is 6.94. The number of nitrogens with one attached hydrogen (secondary N) is 2. The van der Waals surface area contributed by atoms with E-state index in [-0.39, 0.29) is 11.0 Å². The highest BCUT2D eigenvalue weighted by atomic mass is 35.5. The van der Waals surface area contributed by atoms with Crippen molar-refractivity contribution < 1.29 is 4.79 Å². The summed E-state index contributed by atoms with van der Waals surface area (Å²) in [5.41, 5.74) is 8.93. The van der Waals surface area contributed by atoms with Gasteiger partial charge in [0, 0.05) is 18.2 Å². The van der Waals surface area contributed by atoms with E-state index < -0.39 is 0 Å². The molecular formula is C10H11ClN4OS. The molecule has 0 aromatic heterocycles. The van der Waals surface area contributed by atoms with Crippen molar-refractivity contribution in [3.05, 3.63) is 28.8 Å². The maximum atomic E-state index is 10.8. The van der Waals surface area contributed by atoms with Crippen LogP contribution in [0, 0.1) is 0 Å². The average Bonchev–Trinajstić information content (AvgIpc) is 2.20. The lowest BCUT2D eigenvalue weighted by molar-refractivity contribution is -0.114. The molecule has 0 aliphatic heterocycles. The van der Waals surface area contributed by atoms with Crippen molar-refractivity contribution in [2.45, 2.75) is 6.92 Å². The first-order valence-corrected chi connectivity index (χ1v) is 5.43. The van der Waals surface area contributed by atoms with Crippen LogP contribution in [0.5, 0.6) is 0 Å². The minimum atomic E-state index is -0.155. The van der Waals surface area contributed by atoms with Crippen molar-refractivity contribution in [3.63, 3.8) is 0 Å². The molecule has 0 saturated carbocycles. The van der Waals surface area contributed by atoms with Crippen LogP contribution in [-0.4, -0.2) is 17.2 Å². The lowest BCUT2D eigenvalue weighted by atomic mass is 10.2. The molecule has 0 fully saturated rings. The van der Waals surface area contributed by atoms with Crippen molar-refractivity contribution in [1.29, 1.82) is 0 Å². The zero-order valence-corrected chi connectivity index (χ0v) is 10.6. The Kier molecular flexibility index (Phi) is 4.86. The number of carbonyl (C=O) groups is 1. The van der Waals surface area contributed by atoms with Crippen molar-refractivity contribution in [1.82, 2.24) is 5.43 Å². The Labute approximate surface area is 109 Å². The molecule has 7 heteroatoms. The molecule has 5 nitrogen and oxygen atoms in total. The molecule has 1 aromatic rings. The van der Waals surface area contributed by atoms with Crippen LogP contribution in [-0.2, 0) is 4.79 Å². The molecule has 0 aliphatic rings. The maximum Gasteiger partial charge on any atom is 0.221 e. The second-order valence-corrected chi connectivity index (χ2v) is 4.00. The van der Waals surface area contributed by atoms with Gasteiger partial charge in [-0.3, -0.25) is 10.2 Å². The van der Waals surface area contributed by atoms with Gasteiger partial charge in [-0.1, -0.05) is 11.6 Å². The summed E-state index contributed by atoms with van der Waals surface area (Å²) in [5.74, 6) is -0.155. The van der Waals surface area contributed by atoms with Gasteiger partial charge in [-0.2, -0.15) is 5.10 Å². The van der Waals surface area contributed by atoms with E-state index in [0.29, 0.717) is 16.3 Å². The van der Waals surface area contributed by atoms with Crippen molar-refractivity contribution in [2.75, 3.05) is 5.32 Å². The van der Waals surface area contributed by atoms with Gasteiger partial charge in [-0.05, 0) is 30.4 Å². The number of halogens is 1. The largest absolute Gasteiger partial charge is 0.375 e. The minimum absolute atomic E-state index is 0.0761. The second-order valence-electron chi connectivity index (χ2n) is 3.15. The Hall–Kier alpha value is -1.66. The molecule has 0 saturated heterocycles. The van der Waals surface area contributed by atoms with Crippen LogP contribution in [0.2, 0.25) is 5.02 Å². The van der Waals surface area contributed by atoms with Gasteiger partial charge in [-0.15, -0.1) is 0 Å². The summed E-state index contributed by atoms with van der Waals surface area (Å²) < 4.78 is 0. The number of benzene rings is 1. The minimum Gasteiger partial charge on any atom is -0.375 e. The highest BCUT2D eigenvalue weighted by Crippen LogP contribution is 2.19. The smallest absolute Gasteiger partial charge is 0.221 e. The fourth-order valence-electron chi connectivity index (χ4n) is 1.08. The van der Waals surface area contributed by atoms with Crippen LogP contribution in [0.25, 0.3) is 0 Å². The van der Waals surface area contributed by atoms with Gasteiger partial charge in [0.15, 0.2) is 5.11 Å². The summed E-state index contributed by atoms with van der Waals surface area (Å²) >= 11 is 10.6. The fraction of sp³-hybridized carbons (Fsp3) is 0.100. The van der Waals surface area contributed by atoms with E-state index in [1.54, 1.807) is 18.2 Å². The van der Waals surface area contributed by atoms with E-state index >= 15 is 0 Å². The first kappa shape index (κ1) is 13.4. The van der Waals surface area contributed by atoms with E-state index in [2.05, 4.69) is 28.1 Å². The predicted molar refractivity (Wildman–Crippen MR) is 73.3 cm³/mol. The van der Waals surface area contributed by atoms with Crippen molar-refractivity contribution in [2.24, 2.45) is 10.8 Å². The summed E-state index contributed by atoms with van der Waals surface area (Å²) in [6, 6.07) is 5.07. The number of nitrogens with two attached hydrogens (primary N) is 1. The first-order chi connectivity index (χ1) is 7.99. The van der Waals surface area contributed by atoms with E-state index in [1.165, 1.54) is 13.1 Å². The molecule has 90 valence electrons. The molecule has 0 unspecified atom stereocenters. The van der Waals surface area contributed by atoms with E-state index in [4.69, 9.17) is 17.3 Å². The van der Waals surface area contributed by atoms with Crippen LogP contribution in [0.15, 0.2) is 23.3 Å². The van der Waals surface area contributed by atoms with Gasteiger partial charge in [-0.25, -0.2) is 0 Å². The molecule has 4 N–H and O–H groups in total. The van der Waals surface area contributed by atoms with Gasteiger partial charge in [0.1, 0.15) is 0 Å². The first-order valence-electron chi connectivity index (χ1n) is 4.64. The summed E-state index contributed by atoms with van der Waals surface area (Å²) in [4.78, 5) is 10.8. The van der Waals surface area contributed by atoms with Crippen LogP contribution < -0.4 is 16.5 Å². The Morgan fingerprint density at radius 3 is 2.82 bits per heavy atom. The number of amides is 1. The normalized spacial score (nSPS) is 10.2. The monoisotopic (exact) mass is 270 g/mol. The SMILES string of the molecule is CC(=O)Nc1ccc(/C=N/NC(N)=S)c(Cl)c1. The van der Waals surface area contributed by atoms with Crippen LogP contribution in [0.3, 0.4) is 0 Å². The Morgan fingerprint density at radius 2 is 2.29 bits per heavy atom. The predicted octanol–water partition coefficient (Wildman–Crippen LogP) is 1.47. The van der Waals surface area contributed by atoms with Gasteiger partial charge in [0.2, 0.25) is 5.91 Å². The van der Waals surface area contributed by atoms with Crippen LogP contribution in [0.4, 0.5) is 5.69 Å². The van der Waals surface area contributed by atoms with Crippen molar-refractivity contribution in [3.8, 4) is 0 Å². The standard InChI is InChI=1S/C10H11ClN4OS/c1-6(16)14-8-3-2-7(9(11)4-8)5-13-15-10(12)17/h2-5H,1H3,(H,14,16)(H3,12,15,17)/b13-5+. The lowest BCUT2D eigenvalue weighted by Crippen LogP contribution is -2.24. The van der Waals surface area contributed by atoms with Gasteiger partial charge < -0.3 is 11.1 Å². The number of anilines is 1. The molecule has 0 heterocycles. The summed E-state index contributed by atoms with van der Waals surface area (Å²) in [7, 11) is 0. The number of hydrazone groups is 1. The van der Waals surface area contributed by atoms with Gasteiger partial charge in [0.25, 0.3) is 0 Å². The zero-order chi connectivity index (χ0) is 12.8. The van der Waals surface area contributed by atoms with E-state index in [9.17, 15) is 4.79 Å². The number of thiocarbonyl (C=S) groups is 1. The Bertz CT molecular complexity index is 475. The Morgan fingerprint density at radius 1 is 1.59 bits per heavy atom. The lowest BCUT2D eigenvalue weighted by Gasteiger charge is -2.04. The molecule has 1 aromatic carbocycles. The molecule has 0 aliphatic carbocycles.